The topological polar surface area (TPSA) is 134 Å². The molecule has 0 bridgehead atoms. The van der Waals surface area contributed by atoms with Gasteiger partial charge in [0.25, 0.3) is 10.1 Å². The lowest BCUT2D eigenvalue weighted by atomic mass is 10.1. The maximum absolute atomic E-state index is 11.1. The zero-order valence-electron chi connectivity index (χ0n) is 10.1. The molecule has 1 heterocycles. The van der Waals surface area contributed by atoms with E-state index in [2.05, 4.69) is 0 Å². The van der Waals surface area contributed by atoms with Crippen LogP contribution in [0.4, 0.5) is 0 Å². The summed E-state index contributed by atoms with van der Waals surface area (Å²) in [6.07, 6.45) is -7.06. The summed E-state index contributed by atoms with van der Waals surface area (Å²) < 4.78 is 41.1. The molecule has 20 heavy (non-hydrogen) atoms. The molecule has 9 heteroatoms. The van der Waals surface area contributed by atoms with E-state index in [-0.39, 0.29) is 5.75 Å². The van der Waals surface area contributed by atoms with Crippen molar-refractivity contribution < 1.29 is 37.8 Å². The van der Waals surface area contributed by atoms with Gasteiger partial charge < -0.3 is 24.8 Å². The number of ether oxygens (including phenoxy) is 2. The van der Waals surface area contributed by atoms with Gasteiger partial charge in [-0.15, -0.1) is 0 Å². The summed E-state index contributed by atoms with van der Waals surface area (Å²) in [6.45, 7) is 0. The number of aliphatic hydroxyl groups is 3. The Morgan fingerprint density at radius 2 is 1.60 bits per heavy atom. The van der Waals surface area contributed by atoms with Gasteiger partial charge in [0, 0.05) is 0 Å². The molecule has 4 N–H and O–H groups in total. The highest BCUT2D eigenvalue weighted by atomic mass is 32.2. The Labute approximate surface area is 114 Å². The monoisotopic (exact) mass is 306 g/mol. The standard InChI is InChI=1S/C11H14O8S/c12-7-8(13)10(18-6-4-2-1-3-5-6)19-11(9(7)14)20(15,16)17/h1-5,7-14H,(H,15,16,17)/t7-,8-,9+,10-,11?/m1/s1. The van der Waals surface area contributed by atoms with Crippen molar-refractivity contribution in [2.75, 3.05) is 0 Å². The molecule has 1 unspecified atom stereocenters. The fourth-order valence-electron chi connectivity index (χ4n) is 1.79. The normalized spacial score (nSPS) is 34.7. The average molecular weight is 306 g/mol. The third-order valence-corrected chi connectivity index (χ3v) is 3.79. The van der Waals surface area contributed by atoms with E-state index in [0.29, 0.717) is 0 Å². The van der Waals surface area contributed by atoms with E-state index in [4.69, 9.17) is 14.0 Å². The first kappa shape index (κ1) is 15.2. The van der Waals surface area contributed by atoms with Gasteiger partial charge in [0.15, 0.2) is 0 Å². The maximum atomic E-state index is 11.1. The van der Waals surface area contributed by atoms with Crippen LogP contribution in [0, 0.1) is 0 Å². The zero-order valence-corrected chi connectivity index (χ0v) is 10.9. The van der Waals surface area contributed by atoms with Crippen molar-refractivity contribution in [3.8, 4) is 5.75 Å². The lowest BCUT2D eigenvalue weighted by molar-refractivity contribution is -0.254. The van der Waals surface area contributed by atoms with Crippen LogP contribution < -0.4 is 4.74 Å². The molecule has 1 aromatic carbocycles. The third kappa shape index (κ3) is 3.08. The van der Waals surface area contributed by atoms with Gasteiger partial charge in [-0.2, -0.15) is 8.42 Å². The van der Waals surface area contributed by atoms with Crippen LogP contribution in [0.3, 0.4) is 0 Å². The van der Waals surface area contributed by atoms with Crippen molar-refractivity contribution in [1.29, 1.82) is 0 Å². The Kier molecular flexibility index (Phi) is 4.28. The molecule has 1 fully saturated rings. The van der Waals surface area contributed by atoms with Crippen LogP contribution in [0.25, 0.3) is 0 Å². The highest BCUT2D eigenvalue weighted by Crippen LogP contribution is 2.26. The quantitative estimate of drug-likeness (QED) is 0.507. The first-order valence-electron chi connectivity index (χ1n) is 5.68. The summed E-state index contributed by atoms with van der Waals surface area (Å²) in [5.41, 5.74) is -2.10. The Bertz CT molecular complexity index is 545. The lowest BCUT2D eigenvalue weighted by Crippen LogP contribution is -2.61. The van der Waals surface area contributed by atoms with Crippen molar-refractivity contribution in [2.24, 2.45) is 0 Å². The Balaban J connectivity index is 2.20. The number of para-hydroxylation sites is 1. The number of rotatable bonds is 3. The van der Waals surface area contributed by atoms with Gasteiger partial charge in [0.05, 0.1) is 0 Å². The van der Waals surface area contributed by atoms with E-state index < -0.39 is 40.2 Å². The molecule has 1 saturated heterocycles. The Morgan fingerprint density at radius 3 is 2.15 bits per heavy atom. The summed E-state index contributed by atoms with van der Waals surface area (Å²) in [4.78, 5) is 0. The molecule has 8 nitrogen and oxygen atoms in total. The van der Waals surface area contributed by atoms with E-state index in [9.17, 15) is 23.7 Å². The maximum Gasteiger partial charge on any atom is 0.295 e. The highest BCUT2D eigenvalue weighted by molar-refractivity contribution is 7.86. The smallest absolute Gasteiger partial charge is 0.295 e. The van der Waals surface area contributed by atoms with Crippen LogP contribution in [-0.2, 0) is 14.9 Å². The molecule has 1 aromatic rings. The van der Waals surface area contributed by atoms with Gasteiger partial charge in [-0.3, -0.25) is 4.55 Å². The minimum absolute atomic E-state index is 0.259. The molecule has 0 aromatic heterocycles. The van der Waals surface area contributed by atoms with Gasteiger partial charge in [-0.1, -0.05) is 18.2 Å². The van der Waals surface area contributed by atoms with Crippen LogP contribution >= 0.6 is 0 Å². The second kappa shape index (κ2) is 5.64. The fraction of sp³-hybridized carbons (Fsp3) is 0.455. The van der Waals surface area contributed by atoms with E-state index >= 15 is 0 Å². The molecule has 2 rings (SSSR count). The van der Waals surface area contributed by atoms with E-state index in [0.717, 1.165) is 0 Å². The van der Waals surface area contributed by atoms with Crippen molar-refractivity contribution in [3.05, 3.63) is 30.3 Å². The summed E-state index contributed by atoms with van der Waals surface area (Å²) in [7, 11) is -4.78. The Morgan fingerprint density at radius 1 is 1.00 bits per heavy atom. The van der Waals surface area contributed by atoms with Crippen LogP contribution in [0.15, 0.2) is 30.3 Å². The number of benzene rings is 1. The minimum Gasteiger partial charge on any atom is -0.462 e. The number of aliphatic hydroxyl groups excluding tert-OH is 3. The molecule has 0 aliphatic carbocycles. The molecule has 1 aliphatic rings. The second-order valence-electron chi connectivity index (χ2n) is 4.29. The van der Waals surface area contributed by atoms with Crippen LogP contribution in [-0.4, -0.2) is 58.3 Å². The molecular formula is C11H14O8S. The Hall–Kier alpha value is -1.23. The molecule has 5 atom stereocenters. The van der Waals surface area contributed by atoms with E-state index in [1.54, 1.807) is 18.2 Å². The van der Waals surface area contributed by atoms with E-state index in [1.165, 1.54) is 12.1 Å². The summed E-state index contributed by atoms with van der Waals surface area (Å²) in [5.74, 6) is 0.259. The van der Waals surface area contributed by atoms with Crippen LogP contribution in [0.1, 0.15) is 0 Å². The van der Waals surface area contributed by atoms with Crippen molar-refractivity contribution in [1.82, 2.24) is 0 Å². The second-order valence-corrected chi connectivity index (χ2v) is 5.79. The predicted octanol–water partition coefficient (Wildman–Crippen LogP) is -1.28. The van der Waals surface area contributed by atoms with Crippen molar-refractivity contribution in [2.45, 2.75) is 30.0 Å². The fourth-order valence-corrected chi connectivity index (χ4v) is 2.56. The predicted molar refractivity (Wildman–Crippen MR) is 65.3 cm³/mol. The zero-order chi connectivity index (χ0) is 14.9. The third-order valence-electron chi connectivity index (χ3n) is 2.81. The number of hydrogen-bond acceptors (Lipinski definition) is 7. The summed E-state index contributed by atoms with van der Waals surface area (Å²) in [5, 5.41) is 28.8. The highest BCUT2D eigenvalue weighted by Gasteiger charge is 2.50. The van der Waals surface area contributed by atoms with Gasteiger partial charge in [-0.05, 0) is 12.1 Å². The molecule has 0 amide bonds. The van der Waals surface area contributed by atoms with Crippen molar-refractivity contribution in [3.63, 3.8) is 0 Å². The molecule has 0 saturated carbocycles. The number of hydrogen-bond donors (Lipinski definition) is 4. The average Bonchev–Trinajstić information content (AvgIpc) is 2.39. The van der Waals surface area contributed by atoms with Gasteiger partial charge in [0.1, 0.15) is 24.1 Å². The largest absolute Gasteiger partial charge is 0.462 e. The van der Waals surface area contributed by atoms with Crippen molar-refractivity contribution >= 4 is 10.1 Å². The van der Waals surface area contributed by atoms with Gasteiger partial charge >= 0.3 is 0 Å². The van der Waals surface area contributed by atoms with Gasteiger partial charge in [-0.25, -0.2) is 0 Å². The molecule has 0 spiro atoms. The first-order chi connectivity index (χ1) is 9.30. The molecule has 1 aliphatic heterocycles. The SMILES string of the molecule is O=S(=O)(O)C1O[C@@H](Oc2ccccc2)[C@H](O)[C@@H](O)[C@@H]1O. The minimum atomic E-state index is -4.78. The van der Waals surface area contributed by atoms with Gasteiger partial charge in [0.2, 0.25) is 11.7 Å². The molecular weight excluding hydrogens is 292 g/mol. The molecule has 0 radical (unpaired) electrons. The summed E-state index contributed by atoms with van der Waals surface area (Å²) in [6, 6.07) is 8.03. The van der Waals surface area contributed by atoms with Crippen LogP contribution in [0.5, 0.6) is 5.75 Å². The summed E-state index contributed by atoms with van der Waals surface area (Å²) >= 11 is 0. The first-order valence-corrected chi connectivity index (χ1v) is 7.18. The van der Waals surface area contributed by atoms with E-state index in [1.807, 2.05) is 0 Å². The van der Waals surface area contributed by atoms with Crippen LogP contribution in [0.2, 0.25) is 0 Å². The molecule has 112 valence electrons. The lowest BCUT2D eigenvalue weighted by Gasteiger charge is -2.38.